The Morgan fingerprint density at radius 1 is 1.16 bits per heavy atom. The fourth-order valence-corrected chi connectivity index (χ4v) is 4.91. The third-order valence-corrected chi connectivity index (χ3v) is 6.45. The Balaban J connectivity index is 1.76. The first-order valence-electron chi connectivity index (χ1n) is 10.7. The van der Waals surface area contributed by atoms with E-state index in [1.807, 2.05) is 30.8 Å². The lowest BCUT2D eigenvalue weighted by atomic mass is 9.92. The second-order valence-electron chi connectivity index (χ2n) is 8.66. The quantitative estimate of drug-likeness (QED) is 0.525. The number of aryl methyl sites for hydroxylation is 1. The first-order valence-corrected chi connectivity index (χ1v) is 10.7. The number of benzene rings is 2. The summed E-state index contributed by atoms with van der Waals surface area (Å²) in [5, 5.41) is 1.10. The molecule has 0 atom stereocenters. The molecule has 3 heterocycles. The molecule has 0 unspecified atom stereocenters. The highest BCUT2D eigenvalue weighted by Crippen LogP contribution is 2.42. The molecule has 31 heavy (non-hydrogen) atoms. The fraction of sp³-hybridized carbons (Fsp3) is 0.280. The highest BCUT2D eigenvalue weighted by atomic mass is 16.5. The van der Waals surface area contributed by atoms with Crippen molar-refractivity contribution in [3.8, 4) is 11.1 Å². The average molecular weight is 412 g/mol. The minimum Gasteiger partial charge on any atom is -0.476 e. The molecule has 1 N–H and O–H groups in total. The zero-order chi connectivity index (χ0) is 21.3. The number of H-pyrrole nitrogens is 1. The number of pyridine rings is 1. The molecule has 1 saturated carbocycles. The van der Waals surface area contributed by atoms with E-state index in [0.717, 1.165) is 68.5 Å². The van der Waals surface area contributed by atoms with Crippen molar-refractivity contribution in [3.05, 3.63) is 70.0 Å². The molecule has 6 rings (SSSR count). The molecule has 0 bridgehead atoms. The van der Waals surface area contributed by atoms with Gasteiger partial charge in [-0.2, -0.15) is 0 Å². The smallest absolute Gasteiger partial charge is 0.326 e. The van der Waals surface area contributed by atoms with Crippen LogP contribution < -0.4 is 5.69 Å². The summed E-state index contributed by atoms with van der Waals surface area (Å²) in [6.45, 7) is 4.65. The van der Waals surface area contributed by atoms with E-state index in [2.05, 4.69) is 52.1 Å². The van der Waals surface area contributed by atoms with Gasteiger partial charge in [-0.3, -0.25) is 9.55 Å². The van der Waals surface area contributed by atoms with Crippen LogP contribution in [-0.2, 0) is 4.74 Å². The summed E-state index contributed by atoms with van der Waals surface area (Å²) in [7, 11) is 2.03. The lowest BCUT2D eigenvalue weighted by Gasteiger charge is -2.18. The number of hydrogen-bond donors (Lipinski definition) is 1. The summed E-state index contributed by atoms with van der Waals surface area (Å²) in [6, 6.07) is 12.8. The van der Waals surface area contributed by atoms with Gasteiger partial charge in [-0.25, -0.2) is 4.79 Å². The molecule has 1 aliphatic heterocycles. The number of fused-ring (bicyclic) bond motifs is 2. The summed E-state index contributed by atoms with van der Waals surface area (Å²) in [6.07, 6.45) is 3.92. The van der Waals surface area contributed by atoms with E-state index in [9.17, 15) is 4.79 Å². The van der Waals surface area contributed by atoms with Crippen molar-refractivity contribution in [1.29, 1.82) is 0 Å². The van der Waals surface area contributed by atoms with Gasteiger partial charge in [0.1, 0.15) is 5.76 Å². The second-order valence-corrected chi connectivity index (χ2v) is 8.66. The maximum absolute atomic E-state index is 13.0. The third kappa shape index (κ3) is 2.71. The Labute approximate surface area is 179 Å². The van der Waals surface area contributed by atoms with E-state index in [1.54, 1.807) is 0 Å². The molecule has 0 saturated heterocycles. The van der Waals surface area contributed by atoms with E-state index in [-0.39, 0.29) is 11.7 Å². The van der Waals surface area contributed by atoms with Gasteiger partial charge in [0.05, 0.1) is 22.2 Å². The lowest BCUT2D eigenvalue weighted by molar-refractivity contribution is 0.172. The monoisotopic (exact) mass is 412 g/mol. The molecule has 1 fully saturated rings. The number of nitrogens with one attached hydrogen (secondary N) is 1. The molecule has 156 valence electrons. The average Bonchev–Trinajstić information content (AvgIpc) is 3.45. The second kappa shape index (κ2) is 6.48. The summed E-state index contributed by atoms with van der Waals surface area (Å²) >= 11 is 0. The maximum Gasteiger partial charge on any atom is 0.326 e. The first kappa shape index (κ1) is 18.2. The van der Waals surface area contributed by atoms with E-state index in [0.29, 0.717) is 6.73 Å². The van der Waals surface area contributed by atoms with Crippen molar-refractivity contribution in [3.63, 3.8) is 0 Å². The molecular weight excluding hydrogens is 388 g/mol. The van der Waals surface area contributed by atoms with Gasteiger partial charge in [0.25, 0.3) is 0 Å². The fourth-order valence-electron chi connectivity index (χ4n) is 4.91. The summed E-state index contributed by atoms with van der Waals surface area (Å²) in [5.41, 5.74) is 8.23. The van der Waals surface area contributed by atoms with Crippen molar-refractivity contribution in [1.82, 2.24) is 19.4 Å². The van der Waals surface area contributed by atoms with Crippen molar-refractivity contribution < 1.29 is 4.74 Å². The van der Waals surface area contributed by atoms with Gasteiger partial charge >= 0.3 is 5.69 Å². The molecule has 6 nitrogen and oxygen atoms in total. The Hall–Kier alpha value is -3.54. The number of aromatic nitrogens is 3. The molecule has 2 aromatic heterocycles. The van der Waals surface area contributed by atoms with Gasteiger partial charge in [0.2, 0.25) is 0 Å². The maximum atomic E-state index is 13.0. The minimum absolute atomic E-state index is 0.0337. The van der Waals surface area contributed by atoms with Crippen LogP contribution >= 0.6 is 0 Å². The molecule has 0 amide bonds. The molecule has 4 aromatic rings. The van der Waals surface area contributed by atoms with Crippen LogP contribution in [0.2, 0.25) is 0 Å². The van der Waals surface area contributed by atoms with Crippen LogP contribution in [0, 0.1) is 6.92 Å². The largest absolute Gasteiger partial charge is 0.476 e. The van der Waals surface area contributed by atoms with Gasteiger partial charge in [-0.1, -0.05) is 12.1 Å². The van der Waals surface area contributed by atoms with Gasteiger partial charge in [-0.15, -0.1) is 0 Å². The molecule has 2 aromatic carbocycles. The molecule has 6 heteroatoms. The number of aromatic amines is 1. The number of allylic oxidation sites excluding steroid dienone is 1. The molecule has 2 aliphatic rings. The Bertz CT molecular complexity index is 1460. The van der Waals surface area contributed by atoms with Crippen molar-refractivity contribution in [2.45, 2.75) is 32.7 Å². The van der Waals surface area contributed by atoms with Crippen molar-refractivity contribution in [2.75, 3.05) is 13.8 Å². The zero-order valence-corrected chi connectivity index (χ0v) is 17.9. The molecular formula is C25H24N4O2. The Kier molecular flexibility index (Phi) is 3.81. The van der Waals surface area contributed by atoms with Crippen LogP contribution in [0.4, 0.5) is 0 Å². The van der Waals surface area contributed by atoms with Crippen LogP contribution in [0.25, 0.3) is 38.8 Å². The molecule has 0 radical (unpaired) electrons. The highest BCUT2D eigenvalue weighted by Gasteiger charge is 2.30. The zero-order valence-electron chi connectivity index (χ0n) is 17.9. The van der Waals surface area contributed by atoms with Crippen molar-refractivity contribution in [2.24, 2.45) is 0 Å². The predicted molar refractivity (Wildman–Crippen MR) is 123 cm³/mol. The van der Waals surface area contributed by atoms with E-state index in [1.165, 1.54) is 0 Å². The minimum atomic E-state index is -0.0337. The number of ether oxygens (including phenoxy) is 1. The summed E-state index contributed by atoms with van der Waals surface area (Å²) < 4.78 is 7.74. The van der Waals surface area contributed by atoms with Gasteiger partial charge < -0.3 is 14.6 Å². The first-order chi connectivity index (χ1) is 15.0. The van der Waals surface area contributed by atoms with E-state index in [4.69, 9.17) is 4.74 Å². The van der Waals surface area contributed by atoms with E-state index < -0.39 is 0 Å². The normalized spacial score (nSPS) is 16.5. The van der Waals surface area contributed by atoms with Gasteiger partial charge in [-0.05, 0) is 62.1 Å². The Morgan fingerprint density at radius 3 is 2.74 bits per heavy atom. The van der Waals surface area contributed by atoms with Crippen LogP contribution in [0.1, 0.15) is 36.9 Å². The summed E-state index contributed by atoms with van der Waals surface area (Å²) in [5.74, 6) is 0.896. The van der Waals surface area contributed by atoms with Crippen LogP contribution in [0.3, 0.4) is 0 Å². The number of rotatable bonds is 3. The van der Waals surface area contributed by atoms with Crippen LogP contribution in [0.15, 0.2) is 53.1 Å². The standard InChI is InChI=1S/C25H24N4O2/c1-14-6-9-20-18(5-4-10-26-20)22(14)19-11-16(23-15(2)31-13-28(23)3)12-21-24(19)29(17-7-8-17)25(30)27-21/h4-6,9-12,17H,7-8,13H2,1-3H3,(H,27,30). The van der Waals surface area contributed by atoms with E-state index >= 15 is 0 Å². The number of hydrogen-bond acceptors (Lipinski definition) is 4. The highest BCUT2D eigenvalue weighted by molar-refractivity contribution is 6.05. The van der Waals surface area contributed by atoms with Crippen molar-refractivity contribution >= 4 is 27.6 Å². The number of imidazole rings is 1. The third-order valence-electron chi connectivity index (χ3n) is 6.45. The molecule has 1 aliphatic carbocycles. The predicted octanol–water partition coefficient (Wildman–Crippen LogP) is 4.80. The van der Waals surface area contributed by atoms with Crippen LogP contribution in [-0.4, -0.2) is 33.2 Å². The SMILES string of the molecule is CC1=C(c2cc(-c3c(C)ccc4ncccc34)c3c(c2)[nH]c(=O)n3C2CC2)N(C)CO1. The lowest BCUT2D eigenvalue weighted by Crippen LogP contribution is -2.15. The van der Waals surface area contributed by atoms with Crippen LogP contribution in [0.5, 0.6) is 0 Å². The Morgan fingerprint density at radius 2 is 2.00 bits per heavy atom. The van der Waals surface area contributed by atoms with Gasteiger partial charge in [0.15, 0.2) is 6.73 Å². The van der Waals surface area contributed by atoms with Gasteiger partial charge in [0, 0.05) is 35.8 Å². The summed E-state index contributed by atoms with van der Waals surface area (Å²) in [4.78, 5) is 22.8. The molecule has 0 spiro atoms. The number of nitrogens with zero attached hydrogens (tertiary/aromatic N) is 3. The topological polar surface area (TPSA) is 63.2 Å².